The summed E-state index contributed by atoms with van der Waals surface area (Å²) >= 11 is 1.88. The second kappa shape index (κ2) is 6.93. The van der Waals surface area contributed by atoms with Crippen molar-refractivity contribution in [3.8, 4) is 0 Å². The summed E-state index contributed by atoms with van der Waals surface area (Å²) in [5.74, 6) is 1.06. The van der Waals surface area contributed by atoms with Crippen molar-refractivity contribution in [2.75, 3.05) is 31.6 Å². The summed E-state index contributed by atoms with van der Waals surface area (Å²) in [6.45, 7) is 3.84. The minimum Gasteiger partial charge on any atom is -0.309 e. The lowest BCUT2D eigenvalue weighted by Gasteiger charge is -2.19. The highest BCUT2D eigenvalue weighted by molar-refractivity contribution is 7.99. The molecule has 2 rings (SSSR count). The van der Waals surface area contributed by atoms with Gasteiger partial charge in [-0.25, -0.2) is 12.7 Å². The Labute approximate surface area is 126 Å². The summed E-state index contributed by atoms with van der Waals surface area (Å²) in [5, 5.41) is 3.53. The van der Waals surface area contributed by atoms with E-state index in [4.69, 9.17) is 0 Å². The van der Waals surface area contributed by atoms with Crippen LogP contribution in [0.5, 0.6) is 0 Å². The van der Waals surface area contributed by atoms with Gasteiger partial charge in [-0.05, 0) is 24.6 Å². The summed E-state index contributed by atoms with van der Waals surface area (Å²) in [5.41, 5.74) is 1.37. The van der Waals surface area contributed by atoms with Gasteiger partial charge in [-0.2, -0.15) is 0 Å². The number of sulfonamides is 1. The zero-order valence-corrected chi connectivity index (χ0v) is 13.6. The van der Waals surface area contributed by atoms with Crippen LogP contribution in [0.2, 0.25) is 0 Å². The van der Waals surface area contributed by atoms with Crippen molar-refractivity contribution in [2.24, 2.45) is 0 Å². The third kappa shape index (κ3) is 3.97. The number of hydrogen-bond acceptors (Lipinski definition) is 4. The molecule has 112 valence electrons. The fourth-order valence-corrected chi connectivity index (χ4v) is 4.55. The summed E-state index contributed by atoms with van der Waals surface area (Å²) in [7, 11) is -3.06. The van der Waals surface area contributed by atoms with Crippen molar-refractivity contribution in [3.63, 3.8) is 0 Å². The van der Waals surface area contributed by atoms with Gasteiger partial charge < -0.3 is 5.32 Å². The van der Waals surface area contributed by atoms with Gasteiger partial charge in [-0.3, -0.25) is 0 Å². The van der Waals surface area contributed by atoms with Gasteiger partial charge >= 0.3 is 0 Å². The van der Waals surface area contributed by atoms with Gasteiger partial charge in [0.05, 0.1) is 6.26 Å². The highest BCUT2D eigenvalue weighted by atomic mass is 32.2. The summed E-state index contributed by atoms with van der Waals surface area (Å²) < 4.78 is 24.5. The minimum absolute atomic E-state index is 0.393. The molecule has 1 aromatic carbocycles. The Hall–Kier alpha value is -0.560. The van der Waals surface area contributed by atoms with E-state index >= 15 is 0 Å². The van der Waals surface area contributed by atoms with Gasteiger partial charge in [0, 0.05) is 29.8 Å². The zero-order chi connectivity index (χ0) is 14.6. The second-order valence-electron chi connectivity index (χ2n) is 4.96. The Kier molecular flexibility index (Phi) is 5.49. The normalized spacial score (nSPS) is 18.4. The maximum atomic E-state index is 11.5. The van der Waals surface area contributed by atoms with Crippen LogP contribution in [0, 0.1) is 0 Å². The predicted octanol–water partition coefficient (Wildman–Crippen LogP) is 2.09. The van der Waals surface area contributed by atoms with E-state index < -0.39 is 10.0 Å². The highest BCUT2D eigenvalue weighted by Crippen LogP contribution is 2.37. The van der Waals surface area contributed by atoms with Gasteiger partial charge in [0.15, 0.2) is 0 Å². The Morgan fingerprint density at radius 2 is 2.15 bits per heavy atom. The topological polar surface area (TPSA) is 49.4 Å². The molecule has 0 spiro atoms. The van der Waals surface area contributed by atoms with Crippen molar-refractivity contribution >= 4 is 21.8 Å². The molecule has 1 heterocycles. The second-order valence-corrected chi connectivity index (χ2v) is 8.01. The number of benzene rings is 1. The molecular formula is C14H22N2O2S2. The summed E-state index contributed by atoms with van der Waals surface area (Å²) in [6, 6.07) is 8.86. The predicted molar refractivity (Wildman–Crippen MR) is 84.6 cm³/mol. The van der Waals surface area contributed by atoms with Crippen molar-refractivity contribution in [1.29, 1.82) is 0 Å². The van der Waals surface area contributed by atoms with E-state index in [1.54, 1.807) is 0 Å². The summed E-state index contributed by atoms with van der Waals surface area (Å²) in [4.78, 5) is 1.36. The Balaban J connectivity index is 1.78. The number of thioether (sulfide) groups is 1. The average molecular weight is 314 g/mol. The van der Waals surface area contributed by atoms with Crippen LogP contribution in [0.3, 0.4) is 0 Å². The molecule has 0 saturated carbocycles. The van der Waals surface area contributed by atoms with E-state index in [-0.39, 0.29) is 0 Å². The molecular weight excluding hydrogens is 292 g/mol. The van der Waals surface area contributed by atoms with E-state index in [0.29, 0.717) is 19.1 Å². The SMILES string of the molecule is CCN(CCCNC1CSc2ccccc21)S(C)(=O)=O. The van der Waals surface area contributed by atoms with E-state index in [0.717, 1.165) is 18.7 Å². The van der Waals surface area contributed by atoms with Crippen LogP contribution in [0.1, 0.15) is 24.9 Å². The van der Waals surface area contributed by atoms with Crippen LogP contribution in [-0.4, -0.2) is 44.4 Å². The first-order valence-corrected chi connectivity index (χ1v) is 9.76. The highest BCUT2D eigenvalue weighted by Gasteiger charge is 2.21. The number of nitrogens with zero attached hydrogens (tertiary/aromatic N) is 1. The molecule has 0 radical (unpaired) electrons. The molecule has 1 aromatic rings. The Bertz CT molecular complexity index is 546. The average Bonchev–Trinajstić information content (AvgIpc) is 2.81. The van der Waals surface area contributed by atoms with Gasteiger partial charge in [0.25, 0.3) is 0 Å². The Morgan fingerprint density at radius 3 is 2.85 bits per heavy atom. The lowest BCUT2D eigenvalue weighted by Crippen LogP contribution is -2.33. The molecule has 4 nitrogen and oxygen atoms in total. The van der Waals surface area contributed by atoms with Crippen molar-refractivity contribution < 1.29 is 8.42 Å². The first-order chi connectivity index (χ1) is 9.52. The largest absolute Gasteiger partial charge is 0.309 e. The van der Waals surface area contributed by atoms with Gasteiger partial charge in [0.1, 0.15) is 0 Å². The van der Waals surface area contributed by atoms with E-state index in [2.05, 4.69) is 29.6 Å². The van der Waals surface area contributed by atoms with Gasteiger partial charge in [-0.1, -0.05) is 25.1 Å². The van der Waals surface area contributed by atoms with E-state index in [1.807, 2.05) is 18.7 Å². The molecule has 0 aromatic heterocycles. The molecule has 1 aliphatic rings. The molecule has 0 amide bonds. The molecule has 1 N–H and O–H groups in total. The van der Waals surface area contributed by atoms with Crippen LogP contribution >= 0.6 is 11.8 Å². The number of fused-ring (bicyclic) bond motifs is 1. The van der Waals surface area contributed by atoms with Crippen LogP contribution in [0.4, 0.5) is 0 Å². The molecule has 0 bridgehead atoms. The van der Waals surface area contributed by atoms with E-state index in [9.17, 15) is 8.42 Å². The van der Waals surface area contributed by atoms with E-state index in [1.165, 1.54) is 21.0 Å². The third-order valence-corrected chi connectivity index (χ3v) is 6.06. The van der Waals surface area contributed by atoms with Crippen LogP contribution in [0.15, 0.2) is 29.2 Å². The molecule has 20 heavy (non-hydrogen) atoms. The minimum atomic E-state index is -3.06. The maximum absolute atomic E-state index is 11.5. The molecule has 0 fully saturated rings. The first-order valence-electron chi connectivity index (χ1n) is 6.92. The van der Waals surface area contributed by atoms with Crippen molar-refractivity contribution in [2.45, 2.75) is 24.3 Å². The monoisotopic (exact) mass is 314 g/mol. The number of nitrogens with one attached hydrogen (secondary N) is 1. The third-order valence-electron chi connectivity index (χ3n) is 3.50. The standard InChI is InChI=1S/C14H22N2O2S2/c1-3-16(20(2,17)18)10-6-9-15-13-11-19-14-8-5-4-7-12(13)14/h4-5,7-8,13,15H,3,6,9-11H2,1-2H3. The maximum Gasteiger partial charge on any atom is 0.211 e. The van der Waals surface area contributed by atoms with Crippen LogP contribution < -0.4 is 5.32 Å². The number of rotatable bonds is 7. The molecule has 1 aliphatic heterocycles. The molecule has 6 heteroatoms. The molecule has 0 aliphatic carbocycles. The smallest absolute Gasteiger partial charge is 0.211 e. The van der Waals surface area contributed by atoms with Crippen LogP contribution in [0.25, 0.3) is 0 Å². The fraction of sp³-hybridized carbons (Fsp3) is 0.571. The Morgan fingerprint density at radius 1 is 1.40 bits per heavy atom. The van der Waals surface area contributed by atoms with Crippen molar-refractivity contribution in [1.82, 2.24) is 9.62 Å². The lowest BCUT2D eigenvalue weighted by molar-refractivity contribution is 0.414. The van der Waals surface area contributed by atoms with Gasteiger partial charge in [-0.15, -0.1) is 11.8 Å². The van der Waals surface area contributed by atoms with Crippen LogP contribution in [-0.2, 0) is 10.0 Å². The molecule has 1 atom stereocenters. The zero-order valence-electron chi connectivity index (χ0n) is 12.0. The van der Waals surface area contributed by atoms with Crippen molar-refractivity contribution in [3.05, 3.63) is 29.8 Å². The fourth-order valence-electron chi connectivity index (χ4n) is 2.42. The lowest BCUT2D eigenvalue weighted by atomic mass is 10.1. The molecule has 1 unspecified atom stereocenters. The molecule has 0 saturated heterocycles. The number of hydrogen-bond donors (Lipinski definition) is 1. The van der Waals surface area contributed by atoms with Gasteiger partial charge in [0.2, 0.25) is 10.0 Å². The quantitative estimate of drug-likeness (QED) is 0.783. The summed E-state index contributed by atoms with van der Waals surface area (Å²) in [6.07, 6.45) is 2.11. The first kappa shape index (κ1) is 15.8.